The van der Waals surface area contributed by atoms with E-state index in [9.17, 15) is 19.7 Å². The van der Waals surface area contributed by atoms with Gasteiger partial charge in [-0.05, 0) is 18.6 Å². The summed E-state index contributed by atoms with van der Waals surface area (Å²) in [7, 11) is 0. The van der Waals surface area contributed by atoms with Gasteiger partial charge in [-0.1, -0.05) is 0 Å². The maximum atomic E-state index is 11.2. The number of nitrogens with zero attached hydrogens (tertiary/aromatic N) is 1. The van der Waals surface area contributed by atoms with E-state index in [-0.39, 0.29) is 24.6 Å². The van der Waals surface area contributed by atoms with E-state index in [1.807, 2.05) is 0 Å². The van der Waals surface area contributed by atoms with Gasteiger partial charge < -0.3 is 15.7 Å². The molecule has 0 bridgehead atoms. The highest BCUT2D eigenvalue weighted by atomic mass is 16.6. The molecule has 3 N–H and O–H groups in total. The van der Waals surface area contributed by atoms with E-state index in [0.717, 1.165) is 5.69 Å². The molecule has 0 atom stereocenters. The summed E-state index contributed by atoms with van der Waals surface area (Å²) >= 11 is 0. The minimum absolute atomic E-state index is 0.0172. The standard InChI is InChI=1S/C12H15N3O5/c16-11(14-8-12(17)18)2-1-7-13-9-3-5-10(6-4-9)15(19)20/h3-6,13H,1-2,7-8H2,(H,14,16)(H,17,18). The number of benzene rings is 1. The third-order valence-electron chi connectivity index (χ3n) is 2.42. The van der Waals surface area contributed by atoms with Gasteiger partial charge in [0.15, 0.2) is 0 Å². The van der Waals surface area contributed by atoms with Crippen LogP contribution in [0.15, 0.2) is 24.3 Å². The summed E-state index contributed by atoms with van der Waals surface area (Å²) in [6, 6.07) is 5.95. The topological polar surface area (TPSA) is 122 Å². The molecule has 0 fully saturated rings. The number of non-ortho nitro benzene ring substituents is 1. The van der Waals surface area contributed by atoms with Crippen molar-refractivity contribution < 1.29 is 19.6 Å². The zero-order valence-electron chi connectivity index (χ0n) is 10.7. The molecule has 0 saturated heterocycles. The third kappa shape index (κ3) is 5.80. The van der Waals surface area contributed by atoms with Gasteiger partial charge in [0.1, 0.15) is 6.54 Å². The van der Waals surface area contributed by atoms with Gasteiger partial charge in [0, 0.05) is 30.8 Å². The van der Waals surface area contributed by atoms with Gasteiger partial charge in [0.05, 0.1) is 4.92 Å². The molecule has 0 aromatic heterocycles. The summed E-state index contributed by atoms with van der Waals surface area (Å²) in [5.41, 5.74) is 0.741. The third-order valence-corrected chi connectivity index (χ3v) is 2.42. The molecule has 0 aliphatic carbocycles. The highest BCUT2D eigenvalue weighted by Crippen LogP contribution is 2.15. The number of carboxylic acid groups (broad SMARTS) is 1. The summed E-state index contributed by atoms with van der Waals surface area (Å²) in [5, 5.41) is 24.1. The average molecular weight is 281 g/mol. The fraction of sp³-hybridized carbons (Fsp3) is 0.333. The Morgan fingerprint density at radius 3 is 2.45 bits per heavy atom. The van der Waals surface area contributed by atoms with Crippen LogP contribution in [0.3, 0.4) is 0 Å². The molecule has 8 heteroatoms. The van der Waals surface area contributed by atoms with Crippen LogP contribution in [0, 0.1) is 10.1 Å². The Morgan fingerprint density at radius 1 is 1.25 bits per heavy atom. The van der Waals surface area contributed by atoms with E-state index in [1.54, 1.807) is 12.1 Å². The normalized spacial score (nSPS) is 9.80. The van der Waals surface area contributed by atoms with Gasteiger partial charge in [-0.2, -0.15) is 0 Å². The Balaban J connectivity index is 2.22. The molecule has 0 radical (unpaired) electrons. The van der Waals surface area contributed by atoms with Gasteiger partial charge in [-0.25, -0.2) is 0 Å². The Labute approximate surface area is 114 Å². The van der Waals surface area contributed by atoms with E-state index in [2.05, 4.69) is 10.6 Å². The molecule has 1 rings (SSSR count). The van der Waals surface area contributed by atoms with E-state index >= 15 is 0 Å². The molecule has 1 aromatic rings. The number of aliphatic carboxylic acids is 1. The molecule has 108 valence electrons. The Bertz CT molecular complexity index is 486. The summed E-state index contributed by atoms with van der Waals surface area (Å²) in [6.45, 7) is 0.132. The van der Waals surface area contributed by atoms with Crippen LogP contribution in [0.5, 0.6) is 0 Å². The lowest BCUT2D eigenvalue weighted by Crippen LogP contribution is -2.29. The molecule has 20 heavy (non-hydrogen) atoms. The van der Waals surface area contributed by atoms with Crippen molar-refractivity contribution in [1.29, 1.82) is 0 Å². The zero-order chi connectivity index (χ0) is 15.0. The Kier molecular flexibility index (Phi) is 5.95. The molecule has 0 aliphatic rings. The molecule has 8 nitrogen and oxygen atoms in total. The van der Waals surface area contributed by atoms with E-state index < -0.39 is 10.9 Å². The van der Waals surface area contributed by atoms with Crippen LogP contribution < -0.4 is 10.6 Å². The average Bonchev–Trinajstić information content (AvgIpc) is 2.42. The van der Waals surface area contributed by atoms with Gasteiger partial charge in [-0.15, -0.1) is 0 Å². The minimum atomic E-state index is -1.08. The lowest BCUT2D eigenvalue weighted by Gasteiger charge is -2.06. The fourth-order valence-electron chi connectivity index (χ4n) is 1.45. The van der Waals surface area contributed by atoms with Crippen molar-refractivity contribution >= 4 is 23.3 Å². The Hall–Kier alpha value is -2.64. The number of amides is 1. The van der Waals surface area contributed by atoms with E-state index in [1.165, 1.54) is 12.1 Å². The number of nitro benzene ring substituents is 1. The van der Waals surface area contributed by atoms with Crippen molar-refractivity contribution in [1.82, 2.24) is 5.32 Å². The van der Waals surface area contributed by atoms with Crippen LogP contribution in [0.1, 0.15) is 12.8 Å². The van der Waals surface area contributed by atoms with Gasteiger partial charge in [-0.3, -0.25) is 19.7 Å². The molecular weight excluding hydrogens is 266 g/mol. The number of hydrogen-bond donors (Lipinski definition) is 3. The maximum Gasteiger partial charge on any atom is 0.322 e. The van der Waals surface area contributed by atoms with Gasteiger partial charge in [0.2, 0.25) is 5.91 Å². The minimum Gasteiger partial charge on any atom is -0.480 e. The summed E-state index contributed by atoms with van der Waals surface area (Å²) in [4.78, 5) is 31.4. The molecule has 0 saturated carbocycles. The van der Waals surface area contributed by atoms with Crippen molar-refractivity contribution in [3.05, 3.63) is 34.4 Å². The van der Waals surface area contributed by atoms with E-state index in [4.69, 9.17) is 5.11 Å². The van der Waals surface area contributed by atoms with Crippen LogP contribution in [0.4, 0.5) is 11.4 Å². The van der Waals surface area contributed by atoms with Crippen LogP contribution in [0.25, 0.3) is 0 Å². The molecule has 0 unspecified atom stereocenters. The van der Waals surface area contributed by atoms with Gasteiger partial charge in [0.25, 0.3) is 5.69 Å². The number of hydrogen-bond acceptors (Lipinski definition) is 5. The Morgan fingerprint density at radius 2 is 1.90 bits per heavy atom. The molecule has 0 spiro atoms. The van der Waals surface area contributed by atoms with Gasteiger partial charge >= 0.3 is 5.97 Å². The molecular formula is C12H15N3O5. The second kappa shape index (κ2) is 7.72. The van der Waals surface area contributed by atoms with Crippen molar-refractivity contribution in [3.63, 3.8) is 0 Å². The maximum absolute atomic E-state index is 11.2. The van der Waals surface area contributed by atoms with Crippen molar-refractivity contribution in [2.75, 3.05) is 18.4 Å². The number of rotatable bonds is 8. The number of nitrogens with one attached hydrogen (secondary N) is 2. The highest BCUT2D eigenvalue weighted by molar-refractivity contribution is 5.81. The predicted molar refractivity (Wildman–Crippen MR) is 71.5 cm³/mol. The first-order chi connectivity index (χ1) is 9.49. The number of carboxylic acids is 1. The number of carbonyl (C=O) groups excluding carboxylic acids is 1. The van der Waals surface area contributed by atoms with Crippen LogP contribution in [-0.2, 0) is 9.59 Å². The van der Waals surface area contributed by atoms with Crippen LogP contribution in [-0.4, -0.2) is 35.0 Å². The fourth-order valence-corrected chi connectivity index (χ4v) is 1.45. The molecule has 1 amide bonds. The second-order valence-corrected chi connectivity index (χ2v) is 4.00. The van der Waals surface area contributed by atoms with Crippen molar-refractivity contribution in [3.8, 4) is 0 Å². The van der Waals surface area contributed by atoms with Crippen LogP contribution in [0.2, 0.25) is 0 Å². The first-order valence-corrected chi connectivity index (χ1v) is 5.96. The van der Waals surface area contributed by atoms with Crippen molar-refractivity contribution in [2.45, 2.75) is 12.8 Å². The molecule has 0 aliphatic heterocycles. The summed E-state index contributed by atoms with van der Waals surface area (Å²) in [5.74, 6) is -1.40. The van der Waals surface area contributed by atoms with E-state index in [0.29, 0.717) is 13.0 Å². The molecule has 1 aromatic carbocycles. The lowest BCUT2D eigenvalue weighted by atomic mass is 10.2. The largest absolute Gasteiger partial charge is 0.480 e. The molecule has 0 heterocycles. The predicted octanol–water partition coefficient (Wildman–Crippen LogP) is 0.988. The summed E-state index contributed by atoms with van der Waals surface area (Å²) in [6.07, 6.45) is 0.746. The highest BCUT2D eigenvalue weighted by Gasteiger charge is 2.05. The summed E-state index contributed by atoms with van der Waals surface area (Å²) < 4.78 is 0. The number of carbonyl (C=O) groups is 2. The first kappa shape index (κ1) is 15.4. The number of nitro groups is 1. The monoisotopic (exact) mass is 281 g/mol. The SMILES string of the molecule is O=C(O)CNC(=O)CCCNc1ccc([N+](=O)[O-])cc1. The lowest BCUT2D eigenvalue weighted by molar-refractivity contribution is -0.384. The number of anilines is 1. The second-order valence-electron chi connectivity index (χ2n) is 4.00. The van der Waals surface area contributed by atoms with Crippen LogP contribution >= 0.6 is 0 Å². The zero-order valence-corrected chi connectivity index (χ0v) is 10.7. The first-order valence-electron chi connectivity index (χ1n) is 5.96. The quantitative estimate of drug-likeness (QED) is 0.371. The smallest absolute Gasteiger partial charge is 0.322 e. The van der Waals surface area contributed by atoms with Crippen molar-refractivity contribution in [2.24, 2.45) is 0 Å².